The predicted molar refractivity (Wildman–Crippen MR) is 70.4 cm³/mol. The van der Waals surface area contributed by atoms with Gasteiger partial charge in [0.1, 0.15) is 21.5 Å². The summed E-state index contributed by atoms with van der Waals surface area (Å²) in [5, 5.41) is 1.23. The Labute approximate surface area is 111 Å². The summed E-state index contributed by atoms with van der Waals surface area (Å²) in [7, 11) is 0. The molecule has 0 aromatic carbocycles. The molecule has 18 heavy (non-hydrogen) atoms. The number of nitrogens with zero attached hydrogens (tertiary/aromatic N) is 3. The summed E-state index contributed by atoms with van der Waals surface area (Å²) in [6, 6.07) is 4.81. The topological polar surface area (TPSA) is 38.7 Å². The highest BCUT2D eigenvalue weighted by Crippen LogP contribution is 2.30. The molecule has 90 valence electrons. The van der Waals surface area contributed by atoms with Gasteiger partial charge in [0.15, 0.2) is 5.82 Å². The van der Waals surface area contributed by atoms with Crippen LogP contribution in [0.2, 0.25) is 5.15 Å². The van der Waals surface area contributed by atoms with Crippen LogP contribution in [0.4, 0.5) is 4.39 Å². The van der Waals surface area contributed by atoms with Crippen molar-refractivity contribution in [3.63, 3.8) is 0 Å². The van der Waals surface area contributed by atoms with E-state index in [0.717, 1.165) is 21.3 Å². The zero-order chi connectivity index (χ0) is 12.7. The minimum Gasteiger partial charge on any atom is -0.250 e. The summed E-state index contributed by atoms with van der Waals surface area (Å²) in [6.45, 7) is 1.98. The van der Waals surface area contributed by atoms with Gasteiger partial charge in [0, 0.05) is 10.3 Å². The fourth-order valence-corrected chi connectivity index (χ4v) is 2.79. The molecule has 0 radical (unpaired) electrons. The second-order valence-corrected chi connectivity index (χ2v) is 5.37. The molecule has 0 saturated heterocycles. The van der Waals surface area contributed by atoms with Crippen molar-refractivity contribution >= 4 is 33.2 Å². The van der Waals surface area contributed by atoms with E-state index in [-0.39, 0.29) is 0 Å². The molecular formula is C12H7ClFN3S. The van der Waals surface area contributed by atoms with Crippen molar-refractivity contribution in [1.82, 2.24) is 15.0 Å². The third kappa shape index (κ3) is 1.95. The molecule has 0 atom stereocenters. The fraction of sp³-hybridized carbons (Fsp3) is 0.0833. The standard InChI is InChI=1S/C12H7ClFN3S/c1-6-4-8-10(13)16-11(17-12(8)18-6)9-3-2-7(14)5-15-9/h2-5H,1H3. The first-order valence-electron chi connectivity index (χ1n) is 5.19. The average molecular weight is 280 g/mol. The normalized spacial score (nSPS) is 11.1. The van der Waals surface area contributed by atoms with Crippen molar-refractivity contribution in [2.75, 3.05) is 0 Å². The summed E-state index contributed by atoms with van der Waals surface area (Å²) < 4.78 is 12.8. The molecule has 6 heteroatoms. The van der Waals surface area contributed by atoms with Crippen LogP contribution in [0.25, 0.3) is 21.7 Å². The Morgan fingerprint density at radius 3 is 2.83 bits per heavy atom. The molecule has 0 spiro atoms. The minimum atomic E-state index is -0.391. The lowest BCUT2D eigenvalue weighted by atomic mass is 10.3. The largest absolute Gasteiger partial charge is 0.250 e. The summed E-state index contributed by atoms with van der Waals surface area (Å²) in [4.78, 5) is 14.5. The van der Waals surface area contributed by atoms with E-state index in [1.165, 1.54) is 12.1 Å². The van der Waals surface area contributed by atoms with Crippen LogP contribution in [0.5, 0.6) is 0 Å². The van der Waals surface area contributed by atoms with Crippen LogP contribution in [0.1, 0.15) is 4.88 Å². The SMILES string of the molecule is Cc1cc2c(Cl)nc(-c3ccc(F)cn3)nc2s1. The molecule has 0 aliphatic rings. The smallest absolute Gasteiger partial charge is 0.180 e. The molecule has 0 fully saturated rings. The van der Waals surface area contributed by atoms with E-state index in [1.807, 2.05) is 13.0 Å². The summed E-state index contributed by atoms with van der Waals surface area (Å²) in [6.07, 6.45) is 1.14. The van der Waals surface area contributed by atoms with E-state index >= 15 is 0 Å². The monoisotopic (exact) mass is 279 g/mol. The number of halogens is 2. The van der Waals surface area contributed by atoms with Gasteiger partial charge in [-0.3, -0.25) is 0 Å². The minimum absolute atomic E-state index is 0.391. The number of hydrogen-bond donors (Lipinski definition) is 0. The van der Waals surface area contributed by atoms with Gasteiger partial charge in [0.2, 0.25) is 0 Å². The Morgan fingerprint density at radius 2 is 2.11 bits per heavy atom. The molecule has 0 bridgehead atoms. The summed E-state index contributed by atoms with van der Waals surface area (Å²) >= 11 is 7.65. The maximum Gasteiger partial charge on any atom is 0.180 e. The van der Waals surface area contributed by atoms with Crippen molar-refractivity contribution in [2.24, 2.45) is 0 Å². The van der Waals surface area contributed by atoms with Gasteiger partial charge in [0.25, 0.3) is 0 Å². The van der Waals surface area contributed by atoms with Gasteiger partial charge in [0.05, 0.1) is 6.20 Å². The van der Waals surface area contributed by atoms with Crippen LogP contribution in [-0.2, 0) is 0 Å². The zero-order valence-electron chi connectivity index (χ0n) is 9.32. The Kier molecular flexibility index (Phi) is 2.72. The van der Waals surface area contributed by atoms with Crippen LogP contribution in [0.15, 0.2) is 24.4 Å². The van der Waals surface area contributed by atoms with Gasteiger partial charge >= 0.3 is 0 Å². The first-order valence-corrected chi connectivity index (χ1v) is 6.38. The molecule has 3 aromatic rings. The van der Waals surface area contributed by atoms with E-state index in [0.29, 0.717) is 16.7 Å². The Hall–Kier alpha value is -1.59. The molecule has 3 nitrogen and oxygen atoms in total. The van der Waals surface area contributed by atoms with E-state index < -0.39 is 5.82 Å². The third-order valence-corrected chi connectivity index (χ3v) is 3.66. The molecular weight excluding hydrogens is 273 g/mol. The number of pyridine rings is 1. The Morgan fingerprint density at radius 1 is 1.28 bits per heavy atom. The lowest BCUT2D eigenvalue weighted by Crippen LogP contribution is -1.92. The van der Waals surface area contributed by atoms with Crippen LogP contribution in [0.3, 0.4) is 0 Å². The quantitative estimate of drug-likeness (QED) is 0.635. The van der Waals surface area contributed by atoms with Gasteiger partial charge in [-0.2, -0.15) is 0 Å². The molecule has 0 amide bonds. The number of aromatic nitrogens is 3. The van der Waals surface area contributed by atoms with E-state index in [4.69, 9.17) is 11.6 Å². The van der Waals surface area contributed by atoms with Crippen molar-refractivity contribution in [1.29, 1.82) is 0 Å². The highest BCUT2D eigenvalue weighted by Gasteiger charge is 2.11. The molecule has 0 saturated carbocycles. The molecule has 0 aliphatic carbocycles. The molecule has 0 unspecified atom stereocenters. The van der Waals surface area contributed by atoms with Gasteiger partial charge < -0.3 is 0 Å². The maximum atomic E-state index is 12.8. The number of fused-ring (bicyclic) bond motifs is 1. The number of aryl methyl sites for hydroxylation is 1. The highest BCUT2D eigenvalue weighted by molar-refractivity contribution is 7.18. The van der Waals surface area contributed by atoms with E-state index in [1.54, 1.807) is 11.3 Å². The van der Waals surface area contributed by atoms with Gasteiger partial charge in [-0.05, 0) is 25.1 Å². The fourth-order valence-electron chi connectivity index (χ4n) is 1.63. The van der Waals surface area contributed by atoms with Crippen LogP contribution < -0.4 is 0 Å². The van der Waals surface area contributed by atoms with Crippen LogP contribution in [0, 0.1) is 12.7 Å². The number of rotatable bonds is 1. The number of thiophene rings is 1. The maximum absolute atomic E-state index is 12.8. The van der Waals surface area contributed by atoms with Crippen LogP contribution in [-0.4, -0.2) is 15.0 Å². The second-order valence-electron chi connectivity index (χ2n) is 3.78. The second kappa shape index (κ2) is 4.26. The Bertz CT molecular complexity index is 724. The summed E-state index contributed by atoms with van der Waals surface area (Å²) in [5.74, 6) is 0.0206. The molecule has 3 aromatic heterocycles. The Balaban J connectivity index is 2.20. The molecule has 0 aliphatic heterocycles. The van der Waals surface area contributed by atoms with Crippen molar-refractivity contribution in [3.05, 3.63) is 40.2 Å². The van der Waals surface area contributed by atoms with Crippen molar-refractivity contribution in [3.8, 4) is 11.5 Å². The lowest BCUT2D eigenvalue weighted by molar-refractivity contribution is 0.621. The van der Waals surface area contributed by atoms with Crippen molar-refractivity contribution in [2.45, 2.75) is 6.92 Å². The third-order valence-electron chi connectivity index (χ3n) is 2.43. The molecule has 3 heterocycles. The van der Waals surface area contributed by atoms with Crippen LogP contribution >= 0.6 is 22.9 Å². The zero-order valence-corrected chi connectivity index (χ0v) is 10.9. The number of hydrogen-bond acceptors (Lipinski definition) is 4. The van der Waals surface area contributed by atoms with Crippen molar-refractivity contribution < 1.29 is 4.39 Å². The van der Waals surface area contributed by atoms with Gasteiger partial charge in [-0.25, -0.2) is 19.3 Å². The average Bonchev–Trinajstić information content (AvgIpc) is 2.71. The molecule has 0 N–H and O–H groups in total. The first-order chi connectivity index (χ1) is 8.63. The van der Waals surface area contributed by atoms with Gasteiger partial charge in [-0.1, -0.05) is 11.6 Å². The summed E-state index contributed by atoms with van der Waals surface area (Å²) in [5.41, 5.74) is 0.506. The first kappa shape index (κ1) is 11.5. The highest BCUT2D eigenvalue weighted by atomic mass is 35.5. The molecule has 3 rings (SSSR count). The lowest BCUT2D eigenvalue weighted by Gasteiger charge is -2.00. The van der Waals surface area contributed by atoms with E-state index in [9.17, 15) is 4.39 Å². The van der Waals surface area contributed by atoms with E-state index in [2.05, 4.69) is 15.0 Å². The predicted octanol–water partition coefficient (Wildman–Crippen LogP) is 3.85. The van der Waals surface area contributed by atoms with Gasteiger partial charge in [-0.15, -0.1) is 11.3 Å².